The molecule has 8 heteroatoms. The van der Waals surface area contributed by atoms with Gasteiger partial charge in [0, 0.05) is 7.05 Å². The molecule has 2 rings (SSSR count). The first-order valence-electron chi connectivity index (χ1n) is 6.99. The summed E-state index contributed by atoms with van der Waals surface area (Å²) in [4.78, 5) is 13.9. The van der Waals surface area contributed by atoms with Crippen molar-refractivity contribution in [2.45, 2.75) is 19.3 Å². The van der Waals surface area contributed by atoms with Crippen LogP contribution >= 0.6 is 0 Å². The van der Waals surface area contributed by atoms with Gasteiger partial charge in [-0.1, -0.05) is 24.3 Å². The van der Waals surface area contributed by atoms with Crippen LogP contribution in [0.25, 0.3) is 0 Å². The highest BCUT2D eigenvalue weighted by molar-refractivity contribution is 5.82. The fraction of sp³-hybridized carbons (Fsp3) is 0.429. The van der Waals surface area contributed by atoms with Gasteiger partial charge >= 0.3 is 0 Å². The van der Waals surface area contributed by atoms with Crippen molar-refractivity contribution < 1.29 is 13.9 Å². The molecule has 118 valence electrons. The Morgan fingerprint density at radius 3 is 2.86 bits per heavy atom. The summed E-state index contributed by atoms with van der Waals surface area (Å²) >= 11 is 0. The van der Waals surface area contributed by atoms with Crippen molar-refractivity contribution in [3.8, 4) is 5.75 Å². The van der Waals surface area contributed by atoms with Crippen LogP contribution in [0.15, 0.2) is 24.3 Å². The molecule has 1 atom stereocenters. The Hall–Kier alpha value is -2.51. The van der Waals surface area contributed by atoms with Gasteiger partial charge in [-0.15, -0.1) is 10.2 Å². The van der Waals surface area contributed by atoms with Gasteiger partial charge in [-0.3, -0.25) is 4.79 Å². The van der Waals surface area contributed by atoms with Crippen LogP contribution in [0.2, 0.25) is 0 Å². The van der Waals surface area contributed by atoms with Crippen LogP contribution in [0, 0.1) is 5.82 Å². The summed E-state index contributed by atoms with van der Waals surface area (Å²) in [7, 11) is 1.66. The minimum absolute atomic E-state index is 0.124. The first-order chi connectivity index (χ1) is 10.6. The number of carbonyl (C=O) groups excluding carboxylic acids is 1. The summed E-state index contributed by atoms with van der Waals surface area (Å²) in [6.45, 7) is 2.41. The van der Waals surface area contributed by atoms with Crippen molar-refractivity contribution in [2.24, 2.45) is 0 Å². The fourth-order valence-corrected chi connectivity index (χ4v) is 2.02. The molecule has 0 fully saturated rings. The SMILES string of the molecule is CCC(C(=O)N(C)CCOc1ccccc1F)c1nn[nH]n1. The molecule has 0 saturated heterocycles. The maximum absolute atomic E-state index is 13.4. The van der Waals surface area contributed by atoms with Crippen LogP contribution in [0.4, 0.5) is 4.39 Å². The highest BCUT2D eigenvalue weighted by atomic mass is 19.1. The number of aromatic amines is 1. The van der Waals surface area contributed by atoms with Gasteiger partial charge in [0.25, 0.3) is 0 Å². The molecule has 7 nitrogen and oxygen atoms in total. The van der Waals surface area contributed by atoms with Gasteiger partial charge in [-0.05, 0) is 18.6 Å². The van der Waals surface area contributed by atoms with Crippen molar-refractivity contribution in [2.75, 3.05) is 20.2 Å². The molecule has 0 spiro atoms. The first-order valence-corrected chi connectivity index (χ1v) is 6.99. The van der Waals surface area contributed by atoms with Gasteiger partial charge < -0.3 is 9.64 Å². The Morgan fingerprint density at radius 2 is 2.23 bits per heavy atom. The number of ether oxygens (including phenoxy) is 1. The number of aromatic nitrogens is 4. The fourth-order valence-electron chi connectivity index (χ4n) is 2.02. The number of hydrogen-bond acceptors (Lipinski definition) is 5. The summed E-state index contributed by atoms with van der Waals surface area (Å²) in [5.74, 6) is -0.448. The summed E-state index contributed by atoms with van der Waals surface area (Å²) in [5, 5.41) is 13.5. The molecule has 1 heterocycles. The molecule has 2 aromatic rings. The Labute approximate surface area is 127 Å². The van der Waals surface area contributed by atoms with Gasteiger partial charge in [0.15, 0.2) is 17.4 Å². The van der Waals surface area contributed by atoms with E-state index in [2.05, 4.69) is 20.6 Å². The lowest BCUT2D eigenvalue weighted by molar-refractivity contribution is -0.132. The summed E-state index contributed by atoms with van der Waals surface area (Å²) in [5.41, 5.74) is 0. The third-order valence-corrected chi connectivity index (χ3v) is 3.28. The zero-order chi connectivity index (χ0) is 15.9. The predicted molar refractivity (Wildman–Crippen MR) is 76.7 cm³/mol. The van der Waals surface area contributed by atoms with Gasteiger partial charge in [0.2, 0.25) is 5.91 Å². The second-order valence-electron chi connectivity index (χ2n) is 4.77. The van der Waals surface area contributed by atoms with Crippen LogP contribution in [-0.4, -0.2) is 51.6 Å². The van der Waals surface area contributed by atoms with E-state index in [-0.39, 0.29) is 18.3 Å². The third kappa shape index (κ3) is 3.78. The Bertz CT molecular complexity index is 605. The number of para-hydroxylation sites is 1. The van der Waals surface area contributed by atoms with Gasteiger partial charge in [0.1, 0.15) is 12.5 Å². The van der Waals surface area contributed by atoms with E-state index >= 15 is 0 Å². The average molecular weight is 307 g/mol. The number of H-pyrrole nitrogens is 1. The number of halogens is 1. The molecule has 0 radical (unpaired) electrons. The Kier molecular flexibility index (Phi) is 5.40. The smallest absolute Gasteiger partial charge is 0.233 e. The van der Waals surface area contributed by atoms with Gasteiger partial charge in [-0.2, -0.15) is 5.21 Å². The number of carbonyl (C=O) groups is 1. The van der Waals surface area contributed by atoms with Crippen molar-refractivity contribution in [1.29, 1.82) is 0 Å². The normalized spacial score (nSPS) is 12.0. The van der Waals surface area contributed by atoms with E-state index in [1.165, 1.54) is 11.0 Å². The second kappa shape index (κ2) is 7.48. The number of likely N-dealkylation sites (N-methyl/N-ethyl adjacent to an activating group) is 1. The molecule has 0 aliphatic heterocycles. The number of tetrazole rings is 1. The minimum Gasteiger partial charge on any atom is -0.489 e. The lowest BCUT2D eigenvalue weighted by Gasteiger charge is -2.21. The van der Waals surface area contributed by atoms with Crippen LogP contribution in [0.1, 0.15) is 25.1 Å². The van der Waals surface area contributed by atoms with Crippen LogP contribution < -0.4 is 4.74 Å². The highest BCUT2D eigenvalue weighted by Crippen LogP contribution is 2.18. The van der Waals surface area contributed by atoms with E-state index in [4.69, 9.17) is 4.74 Å². The lowest BCUT2D eigenvalue weighted by atomic mass is 10.0. The molecule has 0 bridgehead atoms. The highest BCUT2D eigenvalue weighted by Gasteiger charge is 2.25. The van der Waals surface area contributed by atoms with Crippen molar-refractivity contribution >= 4 is 5.91 Å². The summed E-state index contributed by atoms with van der Waals surface area (Å²) in [6.07, 6.45) is 0.566. The van der Waals surface area contributed by atoms with E-state index in [1.54, 1.807) is 25.2 Å². The number of benzene rings is 1. The minimum atomic E-state index is -0.447. The second-order valence-corrected chi connectivity index (χ2v) is 4.77. The molecule has 1 N–H and O–H groups in total. The maximum Gasteiger partial charge on any atom is 0.233 e. The van der Waals surface area contributed by atoms with E-state index < -0.39 is 11.7 Å². The van der Waals surface area contributed by atoms with E-state index in [9.17, 15) is 9.18 Å². The molecule has 1 aromatic carbocycles. The lowest BCUT2D eigenvalue weighted by Crippen LogP contribution is -2.35. The number of amides is 1. The topological polar surface area (TPSA) is 84.0 Å². The number of rotatable bonds is 7. The molecule has 1 unspecified atom stereocenters. The molecule has 0 aliphatic rings. The van der Waals surface area contributed by atoms with E-state index in [0.717, 1.165) is 0 Å². The molecule has 0 aliphatic carbocycles. The molecular weight excluding hydrogens is 289 g/mol. The summed E-state index contributed by atoms with van der Waals surface area (Å²) < 4.78 is 18.8. The van der Waals surface area contributed by atoms with Crippen molar-refractivity contribution in [3.05, 3.63) is 35.9 Å². The van der Waals surface area contributed by atoms with Gasteiger partial charge in [0.05, 0.1) is 6.54 Å². The van der Waals surface area contributed by atoms with Crippen molar-refractivity contribution in [1.82, 2.24) is 25.5 Å². The zero-order valence-corrected chi connectivity index (χ0v) is 12.5. The molecule has 1 aromatic heterocycles. The van der Waals surface area contributed by atoms with E-state index in [1.807, 2.05) is 6.92 Å². The standard InChI is InChI=1S/C14H18FN5O2/c1-3-10(13-16-18-19-17-13)14(21)20(2)8-9-22-12-7-5-4-6-11(12)15/h4-7,10H,3,8-9H2,1-2H3,(H,16,17,18,19). The largest absolute Gasteiger partial charge is 0.489 e. The Balaban J connectivity index is 1.87. The molecule has 1 amide bonds. The maximum atomic E-state index is 13.4. The average Bonchev–Trinajstić information content (AvgIpc) is 3.04. The quantitative estimate of drug-likeness (QED) is 0.835. The Morgan fingerprint density at radius 1 is 1.45 bits per heavy atom. The van der Waals surface area contributed by atoms with Crippen molar-refractivity contribution in [3.63, 3.8) is 0 Å². The number of hydrogen-bond donors (Lipinski definition) is 1. The van der Waals surface area contributed by atoms with E-state index in [0.29, 0.717) is 18.8 Å². The van der Waals surface area contributed by atoms with Crippen LogP contribution in [0.5, 0.6) is 5.75 Å². The van der Waals surface area contributed by atoms with Gasteiger partial charge in [-0.25, -0.2) is 4.39 Å². The first kappa shape index (κ1) is 15.9. The molecule has 22 heavy (non-hydrogen) atoms. The van der Waals surface area contributed by atoms with Crippen LogP contribution in [-0.2, 0) is 4.79 Å². The monoisotopic (exact) mass is 307 g/mol. The summed E-state index contributed by atoms with van der Waals surface area (Å²) in [6, 6.07) is 6.16. The third-order valence-electron chi connectivity index (χ3n) is 3.28. The predicted octanol–water partition coefficient (Wildman–Crippen LogP) is 1.37. The van der Waals surface area contributed by atoms with Crippen LogP contribution in [0.3, 0.4) is 0 Å². The number of nitrogens with one attached hydrogen (secondary N) is 1. The number of nitrogens with zero attached hydrogens (tertiary/aromatic N) is 4. The molecule has 0 saturated carbocycles. The zero-order valence-electron chi connectivity index (χ0n) is 12.5. The molecular formula is C14H18FN5O2.